The molecule has 0 aliphatic carbocycles. The molecule has 2 aromatic carbocycles. The van der Waals surface area contributed by atoms with Crippen molar-refractivity contribution in [2.75, 3.05) is 19.0 Å². The van der Waals surface area contributed by atoms with E-state index in [9.17, 15) is 18.0 Å². The van der Waals surface area contributed by atoms with Crippen molar-refractivity contribution in [3.63, 3.8) is 0 Å². The van der Waals surface area contributed by atoms with Gasteiger partial charge in [-0.25, -0.2) is 0 Å². The van der Waals surface area contributed by atoms with Crippen molar-refractivity contribution in [3.05, 3.63) is 66.2 Å². The van der Waals surface area contributed by atoms with Gasteiger partial charge in [0.25, 0.3) is 10.0 Å². The maximum Gasteiger partial charge on any atom is 0.284 e. The molecule has 1 aliphatic heterocycles. The van der Waals surface area contributed by atoms with Gasteiger partial charge < -0.3 is 10.1 Å². The molecule has 1 saturated heterocycles. The van der Waals surface area contributed by atoms with Gasteiger partial charge in [-0.2, -0.15) is 8.42 Å². The Morgan fingerprint density at radius 3 is 2.50 bits per heavy atom. The second kappa shape index (κ2) is 10.2. The summed E-state index contributed by atoms with van der Waals surface area (Å²) >= 11 is 6.74. The summed E-state index contributed by atoms with van der Waals surface area (Å²) in [6.07, 6.45) is 1.31. The molecule has 2 amide bonds. The molecular formula is C21H20ClN3O5S2. The molecular weight excluding hydrogens is 474 g/mol. The van der Waals surface area contributed by atoms with Crippen LogP contribution in [0.3, 0.4) is 0 Å². The number of hydrogen-bond donors (Lipinski definition) is 1. The van der Waals surface area contributed by atoms with Gasteiger partial charge in [0.05, 0.1) is 12.0 Å². The number of hydrogen-bond acceptors (Lipinski definition) is 6. The number of benzene rings is 2. The van der Waals surface area contributed by atoms with Crippen molar-refractivity contribution in [3.8, 4) is 5.75 Å². The van der Waals surface area contributed by atoms with Gasteiger partial charge in [0.2, 0.25) is 11.8 Å². The zero-order valence-corrected chi connectivity index (χ0v) is 19.4. The smallest absolute Gasteiger partial charge is 0.284 e. The van der Waals surface area contributed by atoms with Crippen LogP contribution < -0.4 is 10.1 Å². The first-order valence-electron chi connectivity index (χ1n) is 9.37. The third-order valence-electron chi connectivity index (χ3n) is 4.39. The first kappa shape index (κ1) is 23.8. The topological polar surface area (TPSA) is 105 Å². The number of halogens is 1. The first-order valence-corrected chi connectivity index (χ1v) is 12.1. The number of methoxy groups -OCH3 is 1. The average Bonchev–Trinajstić information content (AvgIpc) is 3.03. The Morgan fingerprint density at radius 2 is 1.91 bits per heavy atom. The van der Waals surface area contributed by atoms with Crippen LogP contribution in [0.2, 0.25) is 5.02 Å². The van der Waals surface area contributed by atoms with Crippen LogP contribution in [0.15, 0.2) is 70.5 Å². The second-order valence-corrected chi connectivity index (χ2v) is 9.84. The van der Waals surface area contributed by atoms with Gasteiger partial charge in [0.1, 0.15) is 11.0 Å². The lowest BCUT2D eigenvalue weighted by molar-refractivity contribution is -0.127. The van der Waals surface area contributed by atoms with Crippen molar-refractivity contribution in [2.45, 2.75) is 16.6 Å². The van der Waals surface area contributed by atoms with Crippen LogP contribution in [-0.4, -0.2) is 49.2 Å². The van der Waals surface area contributed by atoms with E-state index in [1.807, 2.05) is 0 Å². The van der Waals surface area contributed by atoms with E-state index < -0.39 is 21.2 Å². The fourth-order valence-corrected chi connectivity index (χ4v) is 5.31. The number of ether oxygens (including phenoxy) is 1. The van der Waals surface area contributed by atoms with Gasteiger partial charge in [-0.15, -0.1) is 11.0 Å². The van der Waals surface area contributed by atoms with Gasteiger partial charge in [-0.1, -0.05) is 29.4 Å². The largest absolute Gasteiger partial charge is 0.497 e. The van der Waals surface area contributed by atoms with Crippen LogP contribution in [0.1, 0.15) is 6.42 Å². The monoisotopic (exact) mass is 493 g/mol. The Bertz CT molecular complexity index is 1150. The van der Waals surface area contributed by atoms with Gasteiger partial charge >= 0.3 is 0 Å². The number of rotatable bonds is 8. The fourth-order valence-electron chi connectivity index (χ4n) is 2.82. The number of carbonyl (C=O) groups is 2. The summed E-state index contributed by atoms with van der Waals surface area (Å²) in [7, 11) is -2.53. The minimum Gasteiger partial charge on any atom is -0.497 e. The Morgan fingerprint density at radius 1 is 1.25 bits per heavy atom. The summed E-state index contributed by atoms with van der Waals surface area (Å²) in [6, 6.07) is 12.3. The summed E-state index contributed by atoms with van der Waals surface area (Å²) in [6.45, 7) is 3.67. The number of thioether (sulfide) groups is 1. The number of carbonyl (C=O) groups excluding carboxylic acids is 2. The molecule has 0 bridgehead atoms. The number of sulfonamides is 1. The van der Waals surface area contributed by atoms with E-state index in [0.717, 1.165) is 11.8 Å². The van der Waals surface area contributed by atoms with E-state index in [4.69, 9.17) is 16.3 Å². The van der Waals surface area contributed by atoms with Crippen molar-refractivity contribution < 1.29 is 22.7 Å². The Kier molecular flexibility index (Phi) is 7.60. The molecule has 32 heavy (non-hydrogen) atoms. The van der Waals surface area contributed by atoms with Crippen LogP contribution >= 0.6 is 23.4 Å². The molecule has 168 valence electrons. The maximum absolute atomic E-state index is 12.8. The van der Waals surface area contributed by atoms with Gasteiger partial charge in [-0.3, -0.25) is 14.5 Å². The normalized spacial score (nSPS) is 17.4. The molecule has 3 rings (SSSR count). The highest BCUT2D eigenvalue weighted by molar-refractivity contribution is 8.16. The van der Waals surface area contributed by atoms with Gasteiger partial charge in [0.15, 0.2) is 5.17 Å². The number of nitrogens with one attached hydrogen (secondary N) is 1. The molecule has 1 fully saturated rings. The van der Waals surface area contributed by atoms with Gasteiger partial charge in [0, 0.05) is 23.7 Å². The van der Waals surface area contributed by atoms with E-state index in [-0.39, 0.29) is 28.9 Å². The molecule has 8 nitrogen and oxygen atoms in total. The first-order chi connectivity index (χ1) is 15.2. The van der Waals surface area contributed by atoms with E-state index in [1.165, 1.54) is 42.4 Å². The minimum absolute atomic E-state index is 0.00732. The second-order valence-electron chi connectivity index (χ2n) is 6.63. The standard InChI is InChI=1S/C21H20ClN3O5S2/c1-3-12-25-20(27)18(13-19(26)23-15-6-8-16(30-2)9-7-15)31-21(25)24-32(28,29)17-10-4-14(22)5-11-17/h3-11,18H,1,12-13H2,2H3,(H,23,26)/b24-21+. The van der Waals surface area contributed by atoms with E-state index in [2.05, 4.69) is 16.3 Å². The Labute approximate surface area is 195 Å². The molecule has 1 atom stereocenters. The zero-order chi connectivity index (χ0) is 23.3. The van der Waals surface area contributed by atoms with Crippen LogP contribution in [0, 0.1) is 0 Å². The van der Waals surface area contributed by atoms with Crippen LogP contribution in [0.25, 0.3) is 0 Å². The third kappa shape index (κ3) is 5.70. The minimum atomic E-state index is -4.07. The Hall–Kier alpha value is -2.82. The van der Waals surface area contributed by atoms with Crippen molar-refractivity contribution in [2.24, 2.45) is 4.40 Å². The zero-order valence-electron chi connectivity index (χ0n) is 17.0. The molecule has 0 aromatic heterocycles. The molecule has 1 aliphatic rings. The quantitative estimate of drug-likeness (QED) is 0.564. The van der Waals surface area contributed by atoms with Crippen molar-refractivity contribution >= 4 is 56.1 Å². The molecule has 2 aromatic rings. The van der Waals surface area contributed by atoms with Crippen molar-refractivity contribution in [1.82, 2.24) is 4.90 Å². The predicted molar refractivity (Wildman–Crippen MR) is 126 cm³/mol. The molecule has 1 unspecified atom stereocenters. The van der Waals surface area contributed by atoms with E-state index in [0.29, 0.717) is 16.5 Å². The molecule has 0 spiro atoms. The number of anilines is 1. The maximum atomic E-state index is 12.8. The number of nitrogens with zero attached hydrogens (tertiary/aromatic N) is 2. The summed E-state index contributed by atoms with van der Waals surface area (Å²) in [5, 5.41) is 2.28. The van der Waals surface area contributed by atoms with Crippen LogP contribution in [0.4, 0.5) is 5.69 Å². The average molecular weight is 494 g/mol. The van der Waals surface area contributed by atoms with E-state index >= 15 is 0 Å². The number of amidine groups is 1. The van der Waals surface area contributed by atoms with E-state index in [1.54, 1.807) is 24.3 Å². The summed E-state index contributed by atoms with van der Waals surface area (Å²) in [4.78, 5) is 26.4. The number of amides is 2. The lowest BCUT2D eigenvalue weighted by atomic mass is 10.2. The molecule has 0 radical (unpaired) electrons. The Balaban J connectivity index is 1.76. The highest BCUT2D eigenvalue weighted by Gasteiger charge is 2.39. The SMILES string of the molecule is C=CCN1C(=O)C(CC(=O)Nc2ccc(OC)cc2)S/C1=N/S(=O)(=O)c1ccc(Cl)cc1. The summed E-state index contributed by atoms with van der Waals surface area (Å²) in [5.74, 6) is -0.154. The van der Waals surface area contributed by atoms with Gasteiger partial charge in [-0.05, 0) is 48.5 Å². The molecule has 0 saturated carbocycles. The molecule has 11 heteroatoms. The van der Waals surface area contributed by atoms with Crippen LogP contribution in [0.5, 0.6) is 5.75 Å². The lowest BCUT2D eigenvalue weighted by Crippen LogP contribution is -2.33. The third-order valence-corrected chi connectivity index (χ3v) is 7.21. The predicted octanol–water partition coefficient (Wildman–Crippen LogP) is 3.55. The van der Waals surface area contributed by atoms with Crippen molar-refractivity contribution in [1.29, 1.82) is 0 Å². The highest BCUT2D eigenvalue weighted by atomic mass is 35.5. The summed E-state index contributed by atoms with van der Waals surface area (Å²) in [5.41, 5.74) is 0.549. The summed E-state index contributed by atoms with van der Waals surface area (Å²) < 4.78 is 34.3. The van der Waals surface area contributed by atoms with Crippen LogP contribution in [-0.2, 0) is 19.6 Å². The lowest BCUT2D eigenvalue weighted by Gasteiger charge is -2.13. The molecule has 1 heterocycles. The fraction of sp³-hybridized carbons (Fsp3) is 0.190. The highest BCUT2D eigenvalue weighted by Crippen LogP contribution is 2.31. The molecule has 1 N–H and O–H groups in total.